The molecule has 1 aromatic rings. The van der Waals surface area contributed by atoms with Gasteiger partial charge in [0.1, 0.15) is 5.75 Å². The van der Waals surface area contributed by atoms with E-state index in [0.717, 1.165) is 5.56 Å². The van der Waals surface area contributed by atoms with E-state index in [4.69, 9.17) is 4.74 Å². The number of aryl methyl sites for hydroxylation is 1. The van der Waals surface area contributed by atoms with E-state index in [9.17, 15) is 4.39 Å². The van der Waals surface area contributed by atoms with Crippen LogP contribution in [0.1, 0.15) is 12.5 Å². The summed E-state index contributed by atoms with van der Waals surface area (Å²) in [7, 11) is 0. The van der Waals surface area contributed by atoms with Crippen molar-refractivity contribution in [3.05, 3.63) is 29.8 Å². The van der Waals surface area contributed by atoms with Crippen LogP contribution in [-0.2, 0) is 0 Å². The molecular formula is C9H11FO. The molecule has 0 spiro atoms. The first-order chi connectivity index (χ1) is 5.18. The maximum atomic E-state index is 12.3. The van der Waals surface area contributed by atoms with Crippen molar-refractivity contribution >= 4 is 0 Å². The molecule has 0 aliphatic heterocycles. The fourth-order valence-electron chi connectivity index (χ4n) is 0.876. The van der Waals surface area contributed by atoms with Crippen molar-refractivity contribution in [2.75, 3.05) is 0 Å². The summed E-state index contributed by atoms with van der Waals surface area (Å²) in [5.74, 6) is 0.583. The van der Waals surface area contributed by atoms with Crippen LogP contribution < -0.4 is 4.74 Å². The van der Waals surface area contributed by atoms with E-state index in [0.29, 0.717) is 5.75 Å². The summed E-state index contributed by atoms with van der Waals surface area (Å²) in [4.78, 5) is 0. The average molecular weight is 154 g/mol. The van der Waals surface area contributed by atoms with Crippen LogP contribution in [-0.4, -0.2) is 6.36 Å². The Balaban J connectivity index is 2.71. The first-order valence-corrected chi connectivity index (χ1v) is 3.56. The van der Waals surface area contributed by atoms with Gasteiger partial charge in [0.15, 0.2) is 0 Å². The van der Waals surface area contributed by atoms with Gasteiger partial charge in [0.05, 0.1) is 0 Å². The van der Waals surface area contributed by atoms with Crippen LogP contribution in [0.15, 0.2) is 24.3 Å². The molecule has 0 heterocycles. The van der Waals surface area contributed by atoms with Crippen LogP contribution in [0.3, 0.4) is 0 Å². The number of hydrogen-bond acceptors (Lipinski definition) is 1. The molecule has 0 N–H and O–H groups in total. The highest BCUT2D eigenvalue weighted by atomic mass is 19.1. The largest absolute Gasteiger partial charge is 0.461 e. The van der Waals surface area contributed by atoms with E-state index in [-0.39, 0.29) is 0 Å². The molecule has 0 aliphatic rings. The lowest BCUT2D eigenvalue weighted by Crippen LogP contribution is -2.03. The van der Waals surface area contributed by atoms with Crippen molar-refractivity contribution < 1.29 is 9.13 Å². The van der Waals surface area contributed by atoms with E-state index < -0.39 is 6.36 Å². The third kappa shape index (κ3) is 2.58. The van der Waals surface area contributed by atoms with Crippen LogP contribution in [0, 0.1) is 6.92 Å². The van der Waals surface area contributed by atoms with Crippen molar-refractivity contribution in [2.45, 2.75) is 20.2 Å². The number of ether oxygens (including phenoxy) is 1. The number of benzene rings is 1. The van der Waals surface area contributed by atoms with Gasteiger partial charge in [-0.2, -0.15) is 0 Å². The van der Waals surface area contributed by atoms with E-state index in [1.807, 2.05) is 19.1 Å². The minimum atomic E-state index is -1.24. The fourth-order valence-corrected chi connectivity index (χ4v) is 0.876. The Morgan fingerprint density at radius 3 is 2.73 bits per heavy atom. The molecule has 0 bridgehead atoms. The Morgan fingerprint density at radius 2 is 2.18 bits per heavy atom. The van der Waals surface area contributed by atoms with Gasteiger partial charge in [0.25, 0.3) is 0 Å². The number of alkyl halides is 1. The second kappa shape index (κ2) is 3.37. The summed E-state index contributed by atoms with van der Waals surface area (Å²) < 4.78 is 17.1. The van der Waals surface area contributed by atoms with Gasteiger partial charge in [-0.05, 0) is 24.6 Å². The summed E-state index contributed by atoms with van der Waals surface area (Å²) in [5, 5.41) is 0. The SMILES string of the molecule is Cc1cccc(OC(C)F)c1. The molecule has 2 heteroatoms. The predicted octanol–water partition coefficient (Wildman–Crippen LogP) is 2.69. The van der Waals surface area contributed by atoms with E-state index in [1.165, 1.54) is 6.92 Å². The minimum Gasteiger partial charge on any atom is -0.461 e. The average Bonchev–Trinajstić information content (AvgIpc) is 1.85. The number of rotatable bonds is 2. The van der Waals surface area contributed by atoms with Crippen molar-refractivity contribution in [2.24, 2.45) is 0 Å². The highest BCUT2D eigenvalue weighted by Gasteiger charge is 1.98. The molecule has 1 atom stereocenters. The zero-order valence-corrected chi connectivity index (χ0v) is 6.67. The summed E-state index contributed by atoms with van der Waals surface area (Å²) in [6.07, 6.45) is -1.24. The molecule has 0 saturated heterocycles. The minimum absolute atomic E-state index is 0.583. The molecule has 1 unspecified atom stereocenters. The molecule has 1 rings (SSSR count). The molecule has 0 aliphatic carbocycles. The van der Waals surface area contributed by atoms with Gasteiger partial charge in [-0.25, -0.2) is 4.39 Å². The Morgan fingerprint density at radius 1 is 1.45 bits per heavy atom. The van der Waals surface area contributed by atoms with Crippen molar-refractivity contribution in [1.29, 1.82) is 0 Å². The molecule has 0 amide bonds. The highest BCUT2D eigenvalue weighted by molar-refractivity contribution is 5.27. The lowest BCUT2D eigenvalue weighted by atomic mass is 10.2. The van der Waals surface area contributed by atoms with Gasteiger partial charge >= 0.3 is 0 Å². The second-order valence-electron chi connectivity index (χ2n) is 2.48. The quantitative estimate of drug-likeness (QED) is 0.636. The smallest absolute Gasteiger partial charge is 0.235 e. The van der Waals surface area contributed by atoms with Crippen LogP contribution in [0.4, 0.5) is 4.39 Å². The number of halogens is 1. The molecule has 1 aromatic carbocycles. The maximum Gasteiger partial charge on any atom is 0.235 e. The van der Waals surface area contributed by atoms with E-state index >= 15 is 0 Å². The van der Waals surface area contributed by atoms with Gasteiger partial charge in [-0.3, -0.25) is 0 Å². The Kier molecular flexibility index (Phi) is 2.47. The Bertz CT molecular complexity index is 233. The molecule has 0 aromatic heterocycles. The van der Waals surface area contributed by atoms with Crippen LogP contribution in [0.25, 0.3) is 0 Å². The number of hydrogen-bond donors (Lipinski definition) is 0. The molecule has 0 saturated carbocycles. The van der Waals surface area contributed by atoms with Crippen LogP contribution in [0.2, 0.25) is 0 Å². The Labute approximate surface area is 65.8 Å². The summed E-state index contributed by atoms with van der Waals surface area (Å²) in [5.41, 5.74) is 1.07. The van der Waals surface area contributed by atoms with Gasteiger partial charge in [0.2, 0.25) is 6.36 Å². The third-order valence-corrected chi connectivity index (χ3v) is 1.29. The lowest BCUT2D eigenvalue weighted by molar-refractivity contribution is 0.0860. The Hall–Kier alpha value is -1.05. The normalized spacial score (nSPS) is 12.6. The zero-order chi connectivity index (χ0) is 8.27. The first-order valence-electron chi connectivity index (χ1n) is 3.56. The molecular weight excluding hydrogens is 143 g/mol. The molecule has 60 valence electrons. The van der Waals surface area contributed by atoms with Gasteiger partial charge < -0.3 is 4.74 Å². The van der Waals surface area contributed by atoms with E-state index in [1.54, 1.807) is 12.1 Å². The van der Waals surface area contributed by atoms with Gasteiger partial charge in [0, 0.05) is 6.92 Å². The first kappa shape index (κ1) is 8.05. The lowest BCUT2D eigenvalue weighted by Gasteiger charge is -2.06. The second-order valence-corrected chi connectivity index (χ2v) is 2.48. The predicted molar refractivity (Wildman–Crippen MR) is 42.4 cm³/mol. The van der Waals surface area contributed by atoms with Crippen molar-refractivity contribution in [3.63, 3.8) is 0 Å². The highest BCUT2D eigenvalue weighted by Crippen LogP contribution is 2.13. The van der Waals surface area contributed by atoms with Crippen molar-refractivity contribution in [3.8, 4) is 5.75 Å². The topological polar surface area (TPSA) is 9.23 Å². The standard InChI is InChI=1S/C9H11FO/c1-7-4-3-5-9(6-7)11-8(2)10/h3-6,8H,1-2H3. The van der Waals surface area contributed by atoms with Crippen LogP contribution in [0.5, 0.6) is 5.75 Å². The molecule has 11 heavy (non-hydrogen) atoms. The summed E-state index contributed by atoms with van der Waals surface area (Å²) in [6, 6.07) is 7.32. The fraction of sp³-hybridized carbons (Fsp3) is 0.333. The molecule has 1 nitrogen and oxygen atoms in total. The maximum absolute atomic E-state index is 12.3. The van der Waals surface area contributed by atoms with Gasteiger partial charge in [-0.15, -0.1) is 0 Å². The van der Waals surface area contributed by atoms with E-state index in [2.05, 4.69) is 0 Å². The summed E-state index contributed by atoms with van der Waals surface area (Å²) in [6.45, 7) is 3.30. The third-order valence-electron chi connectivity index (χ3n) is 1.29. The monoisotopic (exact) mass is 154 g/mol. The van der Waals surface area contributed by atoms with Crippen molar-refractivity contribution in [1.82, 2.24) is 0 Å². The summed E-state index contributed by atoms with van der Waals surface area (Å²) >= 11 is 0. The van der Waals surface area contributed by atoms with Gasteiger partial charge in [-0.1, -0.05) is 12.1 Å². The molecule has 0 radical (unpaired) electrons. The molecule has 0 fully saturated rings. The zero-order valence-electron chi connectivity index (χ0n) is 6.67. The van der Waals surface area contributed by atoms with Crippen LogP contribution >= 0.6 is 0 Å².